The van der Waals surface area contributed by atoms with E-state index >= 15 is 0 Å². The van der Waals surface area contributed by atoms with Gasteiger partial charge in [-0.25, -0.2) is 0 Å². The fraction of sp³-hybridized carbons (Fsp3) is 0.100. The minimum Gasteiger partial charge on any atom is -0.374 e. The van der Waals surface area contributed by atoms with Crippen molar-refractivity contribution in [1.29, 1.82) is 0 Å². The van der Waals surface area contributed by atoms with Crippen molar-refractivity contribution in [3.8, 4) is 0 Å². The van der Waals surface area contributed by atoms with E-state index in [0.717, 1.165) is 18.2 Å². The highest BCUT2D eigenvalue weighted by molar-refractivity contribution is 7.86. The van der Waals surface area contributed by atoms with Crippen LogP contribution in [0.1, 0.15) is 20.7 Å². The predicted molar refractivity (Wildman–Crippen MR) is 59.6 cm³/mol. The molecule has 1 aliphatic rings. The number of aliphatic hydroxyl groups excluding tert-OH is 1. The van der Waals surface area contributed by atoms with Crippen LogP contribution in [0, 0.1) is 0 Å². The lowest BCUT2D eigenvalue weighted by atomic mass is 9.86. The number of Topliss-reactive ketones (excluding diaryl/α,β-unsaturated/α-hetero) is 2. The first-order valence-corrected chi connectivity index (χ1v) is 6.32. The van der Waals surface area contributed by atoms with Crippen LogP contribution in [0.15, 0.2) is 23.1 Å². The largest absolute Gasteiger partial charge is 0.375 e. The Kier molecular flexibility index (Phi) is 2.91. The fourth-order valence-corrected chi connectivity index (χ4v) is 2.53. The van der Waals surface area contributed by atoms with Gasteiger partial charge in [0.1, 0.15) is 4.90 Å². The van der Waals surface area contributed by atoms with Crippen LogP contribution in [-0.4, -0.2) is 46.2 Å². The highest BCUT2D eigenvalue weighted by Crippen LogP contribution is 2.26. The quantitative estimate of drug-likeness (QED) is 0.397. The smallest absolute Gasteiger partial charge is 0.374 e. The Hall–Kier alpha value is -2.19. The van der Waals surface area contributed by atoms with E-state index < -0.39 is 44.0 Å². The number of ketones is 2. The van der Waals surface area contributed by atoms with E-state index in [1.165, 1.54) is 0 Å². The molecule has 9 heteroatoms. The van der Waals surface area contributed by atoms with Crippen LogP contribution in [0.2, 0.25) is 0 Å². The van der Waals surface area contributed by atoms with E-state index in [1.54, 1.807) is 0 Å². The SMILES string of the molecule is [N-]=[N+]=C1C(=O)c2cccc(S(=O)(=O)O)c2C(=O)C1O. The zero-order chi connectivity index (χ0) is 14.4. The van der Waals surface area contributed by atoms with Crippen LogP contribution in [0.4, 0.5) is 0 Å². The molecular formula is C10H6N2O6S. The summed E-state index contributed by atoms with van der Waals surface area (Å²) in [6, 6.07) is 3.19. The summed E-state index contributed by atoms with van der Waals surface area (Å²) in [5.74, 6) is -2.13. The van der Waals surface area contributed by atoms with Gasteiger partial charge in [0, 0.05) is 5.56 Å². The summed E-state index contributed by atoms with van der Waals surface area (Å²) in [6.07, 6.45) is -2.08. The van der Waals surface area contributed by atoms with Crippen molar-refractivity contribution < 1.29 is 32.5 Å². The zero-order valence-electron chi connectivity index (χ0n) is 9.14. The van der Waals surface area contributed by atoms with E-state index in [9.17, 15) is 23.1 Å². The molecule has 0 saturated carbocycles. The van der Waals surface area contributed by atoms with Gasteiger partial charge in [-0.1, -0.05) is 6.07 Å². The molecule has 0 aromatic heterocycles. The Balaban J connectivity index is 2.89. The van der Waals surface area contributed by atoms with E-state index in [1.807, 2.05) is 0 Å². The normalized spacial score (nSPS) is 19.1. The van der Waals surface area contributed by atoms with Crippen LogP contribution in [0.5, 0.6) is 0 Å². The molecule has 1 unspecified atom stereocenters. The Morgan fingerprint density at radius 1 is 1.26 bits per heavy atom. The maximum absolute atomic E-state index is 11.8. The summed E-state index contributed by atoms with van der Waals surface area (Å²) in [6.45, 7) is 0. The van der Waals surface area contributed by atoms with Gasteiger partial charge in [-0.15, -0.1) is 0 Å². The molecule has 0 spiro atoms. The molecule has 98 valence electrons. The molecule has 0 heterocycles. The molecule has 1 aliphatic carbocycles. The highest BCUT2D eigenvalue weighted by Gasteiger charge is 2.45. The van der Waals surface area contributed by atoms with Crippen LogP contribution in [-0.2, 0) is 10.1 Å². The highest BCUT2D eigenvalue weighted by atomic mass is 32.2. The standard InChI is InChI=1S/C10H6N2O6S/c11-12-7-8(13)4-2-1-3-5(19(16,17)18)6(4)9(14)10(7)15/h1-3,10,15H,(H,16,17,18). The molecule has 0 bridgehead atoms. The second-order valence-corrected chi connectivity index (χ2v) is 5.12. The summed E-state index contributed by atoms with van der Waals surface area (Å²) in [5.41, 5.74) is 6.81. The van der Waals surface area contributed by atoms with Gasteiger partial charge in [0.2, 0.25) is 11.9 Å². The maximum atomic E-state index is 11.8. The van der Waals surface area contributed by atoms with E-state index in [2.05, 4.69) is 4.79 Å². The molecule has 19 heavy (non-hydrogen) atoms. The summed E-state index contributed by atoms with van der Waals surface area (Å²) >= 11 is 0. The number of aliphatic hydroxyl groups is 1. The van der Waals surface area contributed by atoms with Crippen molar-refractivity contribution in [2.75, 3.05) is 0 Å². The van der Waals surface area contributed by atoms with Crippen molar-refractivity contribution in [2.45, 2.75) is 11.0 Å². The zero-order valence-corrected chi connectivity index (χ0v) is 9.96. The Morgan fingerprint density at radius 3 is 2.42 bits per heavy atom. The molecule has 8 nitrogen and oxygen atoms in total. The topological polar surface area (TPSA) is 145 Å². The second-order valence-electron chi connectivity index (χ2n) is 3.73. The number of hydrogen-bond donors (Lipinski definition) is 2. The predicted octanol–water partition coefficient (Wildman–Crippen LogP) is -0.656. The van der Waals surface area contributed by atoms with Crippen molar-refractivity contribution in [2.24, 2.45) is 0 Å². The van der Waals surface area contributed by atoms with Crippen LogP contribution >= 0.6 is 0 Å². The molecular weight excluding hydrogens is 276 g/mol. The minimum atomic E-state index is -4.73. The molecule has 0 saturated heterocycles. The Bertz CT molecular complexity index is 760. The van der Waals surface area contributed by atoms with E-state index in [-0.39, 0.29) is 5.56 Å². The molecule has 1 atom stereocenters. The maximum Gasteiger partial charge on any atom is 0.375 e. The van der Waals surface area contributed by atoms with Gasteiger partial charge in [-0.05, 0) is 12.1 Å². The fourth-order valence-electron chi connectivity index (χ4n) is 1.81. The van der Waals surface area contributed by atoms with Crippen LogP contribution in [0.25, 0.3) is 5.53 Å². The lowest BCUT2D eigenvalue weighted by Gasteiger charge is -2.16. The molecule has 0 fully saturated rings. The number of nitrogens with zero attached hydrogens (tertiary/aromatic N) is 2. The lowest BCUT2D eigenvalue weighted by molar-refractivity contribution is -0.0197. The van der Waals surface area contributed by atoms with Gasteiger partial charge < -0.3 is 10.6 Å². The summed E-state index contributed by atoms with van der Waals surface area (Å²) in [7, 11) is -4.73. The number of carbonyl (C=O) groups excluding carboxylic acids is 2. The number of carbonyl (C=O) groups is 2. The number of hydrogen-bond acceptors (Lipinski definition) is 5. The van der Waals surface area contributed by atoms with Crippen LogP contribution < -0.4 is 0 Å². The number of fused-ring (bicyclic) bond motifs is 1. The van der Waals surface area contributed by atoms with Crippen molar-refractivity contribution in [3.63, 3.8) is 0 Å². The first kappa shape index (κ1) is 13.2. The van der Waals surface area contributed by atoms with Crippen molar-refractivity contribution >= 4 is 27.4 Å². The second kappa shape index (κ2) is 4.18. The first-order valence-electron chi connectivity index (χ1n) is 4.88. The first-order chi connectivity index (χ1) is 8.79. The van der Waals surface area contributed by atoms with Crippen molar-refractivity contribution in [3.05, 3.63) is 34.9 Å². The third-order valence-corrected chi connectivity index (χ3v) is 3.54. The van der Waals surface area contributed by atoms with Crippen molar-refractivity contribution in [1.82, 2.24) is 0 Å². The van der Waals surface area contributed by atoms with E-state index in [4.69, 9.17) is 10.1 Å². The molecule has 0 radical (unpaired) electrons. The van der Waals surface area contributed by atoms with Gasteiger partial charge in [0.15, 0.2) is 0 Å². The number of benzene rings is 1. The van der Waals surface area contributed by atoms with Gasteiger partial charge in [-0.2, -0.15) is 13.2 Å². The van der Waals surface area contributed by atoms with Gasteiger partial charge in [-0.3, -0.25) is 14.1 Å². The molecule has 2 N–H and O–H groups in total. The Morgan fingerprint density at radius 2 is 1.89 bits per heavy atom. The summed E-state index contributed by atoms with van der Waals surface area (Å²) in [4.78, 5) is 25.4. The Labute approximate surface area is 106 Å². The van der Waals surface area contributed by atoms with E-state index in [0.29, 0.717) is 0 Å². The summed E-state index contributed by atoms with van der Waals surface area (Å²) in [5, 5.41) is 9.51. The number of rotatable bonds is 1. The molecule has 0 amide bonds. The van der Waals surface area contributed by atoms with Gasteiger partial charge in [0.25, 0.3) is 15.9 Å². The molecule has 1 aromatic rings. The van der Waals surface area contributed by atoms with Gasteiger partial charge in [0.05, 0.1) is 5.56 Å². The third-order valence-electron chi connectivity index (χ3n) is 2.64. The third kappa shape index (κ3) is 1.90. The average Bonchev–Trinajstić information content (AvgIpc) is 2.35. The monoisotopic (exact) mass is 282 g/mol. The molecule has 0 aliphatic heterocycles. The molecule has 1 aromatic carbocycles. The lowest BCUT2D eigenvalue weighted by Crippen LogP contribution is -2.42. The average molecular weight is 282 g/mol. The molecule has 2 rings (SSSR count). The van der Waals surface area contributed by atoms with Crippen LogP contribution in [0.3, 0.4) is 0 Å². The van der Waals surface area contributed by atoms with Gasteiger partial charge >= 0.3 is 5.71 Å². The summed E-state index contributed by atoms with van der Waals surface area (Å²) < 4.78 is 31.3. The minimum absolute atomic E-state index is 0.363.